The summed E-state index contributed by atoms with van der Waals surface area (Å²) < 4.78 is 0. The normalized spacial score (nSPS) is 11.2. The van der Waals surface area contributed by atoms with Crippen LogP contribution in [0.3, 0.4) is 0 Å². The molecule has 0 atom stereocenters. The van der Waals surface area contributed by atoms with Gasteiger partial charge in [0.2, 0.25) is 0 Å². The molecule has 9 rings (SSSR count). The fraction of sp³-hybridized carbons (Fsp3) is 0. The maximum atomic E-state index is 9.42. The molecule has 0 aliphatic carbocycles. The summed E-state index contributed by atoms with van der Waals surface area (Å²) >= 11 is 0. The van der Waals surface area contributed by atoms with Crippen molar-refractivity contribution in [1.29, 1.82) is 5.26 Å². The number of pyridine rings is 1. The van der Waals surface area contributed by atoms with E-state index in [1.54, 1.807) is 0 Å². The molecule has 0 spiro atoms. The Labute approximate surface area is 289 Å². The summed E-state index contributed by atoms with van der Waals surface area (Å²) in [5.74, 6) is 0. The Morgan fingerprint density at radius 2 is 0.980 bits per heavy atom. The smallest absolute Gasteiger partial charge is 0.0991 e. The average molecular weight is 637 g/mol. The fourth-order valence-corrected chi connectivity index (χ4v) is 6.78. The number of nitrogens with zero attached hydrogens (tertiary/aromatic N) is 4. The highest BCUT2D eigenvalue weighted by Gasteiger charge is 2.17. The molecule has 0 aliphatic heterocycles. The Hall–Kier alpha value is -6.96. The predicted molar refractivity (Wildman–Crippen MR) is 204 cm³/mol. The summed E-state index contributed by atoms with van der Waals surface area (Å²) in [6, 6.07) is 60.4. The number of para-hydroxylation sites is 2. The van der Waals surface area contributed by atoms with Crippen molar-refractivity contribution in [3.05, 3.63) is 175 Å². The Balaban J connectivity index is 1.24. The molecule has 0 N–H and O–H groups in total. The Kier molecular flexibility index (Phi) is 7.15. The van der Waals surface area contributed by atoms with Crippen molar-refractivity contribution in [2.24, 2.45) is 0 Å². The number of hydrogen-bond donors (Lipinski definition) is 0. The van der Waals surface area contributed by atoms with E-state index in [1.165, 1.54) is 0 Å². The lowest BCUT2D eigenvalue weighted by Gasteiger charge is -2.15. The van der Waals surface area contributed by atoms with E-state index in [0.717, 1.165) is 88.7 Å². The van der Waals surface area contributed by atoms with Crippen molar-refractivity contribution in [2.75, 3.05) is 0 Å². The largest absolute Gasteiger partial charge is 0.248 e. The van der Waals surface area contributed by atoms with Crippen LogP contribution in [-0.2, 0) is 0 Å². The van der Waals surface area contributed by atoms with Gasteiger partial charge >= 0.3 is 0 Å². The van der Waals surface area contributed by atoms with Gasteiger partial charge in [-0.25, -0.2) is 15.0 Å². The van der Waals surface area contributed by atoms with Crippen LogP contribution in [0.4, 0.5) is 0 Å². The highest BCUT2D eigenvalue weighted by molar-refractivity contribution is 6.13. The third-order valence-corrected chi connectivity index (χ3v) is 9.29. The third kappa shape index (κ3) is 5.24. The maximum absolute atomic E-state index is 9.42. The third-order valence-electron chi connectivity index (χ3n) is 9.29. The number of benzene rings is 7. The van der Waals surface area contributed by atoms with E-state index < -0.39 is 0 Å². The van der Waals surface area contributed by atoms with Gasteiger partial charge in [-0.15, -0.1) is 0 Å². The minimum Gasteiger partial charge on any atom is -0.248 e. The number of nitriles is 1. The van der Waals surface area contributed by atoms with Crippen LogP contribution in [0.5, 0.6) is 0 Å². The Morgan fingerprint density at radius 1 is 0.380 bits per heavy atom. The second kappa shape index (κ2) is 12.2. The first-order valence-corrected chi connectivity index (χ1v) is 16.6. The molecule has 0 saturated carbocycles. The van der Waals surface area contributed by atoms with E-state index in [1.807, 2.05) is 60.7 Å². The first-order chi connectivity index (χ1) is 24.7. The first-order valence-electron chi connectivity index (χ1n) is 16.6. The molecule has 0 saturated heterocycles. The van der Waals surface area contributed by atoms with Gasteiger partial charge in [0.1, 0.15) is 0 Å². The van der Waals surface area contributed by atoms with Crippen molar-refractivity contribution in [1.82, 2.24) is 15.0 Å². The predicted octanol–water partition coefficient (Wildman–Crippen LogP) is 11.5. The monoisotopic (exact) mass is 636 g/mol. The van der Waals surface area contributed by atoms with Crippen LogP contribution in [0.1, 0.15) is 5.56 Å². The van der Waals surface area contributed by atoms with Gasteiger partial charge < -0.3 is 0 Å². The van der Waals surface area contributed by atoms with E-state index in [2.05, 4.69) is 115 Å². The molecular formula is C46H28N4. The van der Waals surface area contributed by atoms with Crippen LogP contribution in [0.2, 0.25) is 0 Å². The van der Waals surface area contributed by atoms with Gasteiger partial charge in [-0.1, -0.05) is 127 Å². The highest BCUT2D eigenvalue weighted by atomic mass is 14.8. The molecule has 232 valence electrons. The molecule has 0 unspecified atom stereocenters. The van der Waals surface area contributed by atoms with Gasteiger partial charge in [-0.3, -0.25) is 0 Å². The molecule has 0 aliphatic rings. The molecule has 2 aromatic heterocycles. The summed E-state index contributed by atoms with van der Waals surface area (Å²) in [6.45, 7) is 0. The second-order valence-electron chi connectivity index (χ2n) is 12.4. The number of fused-ring (bicyclic) bond motifs is 4. The molecule has 4 nitrogen and oxygen atoms in total. The van der Waals surface area contributed by atoms with E-state index in [0.29, 0.717) is 5.56 Å². The minimum absolute atomic E-state index is 0.609. The number of rotatable bonds is 5. The van der Waals surface area contributed by atoms with Gasteiger partial charge in [-0.05, 0) is 75.1 Å². The van der Waals surface area contributed by atoms with Crippen molar-refractivity contribution in [3.63, 3.8) is 0 Å². The first kappa shape index (κ1) is 29.2. The fourth-order valence-electron chi connectivity index (χ4n) is 6.78. The SMILES string of the molecule is N#Cc1ccc(-c2nc3ccccc3nc2-c2cccc3c2ccc2ccc(-c4cc(-c5ccccc5)nc(-c5ccccc5)c4)cc23)cc1. The molecule has 0 radical (unpaired) electrons. The van der Waals surface area contributed by atoms with Crippen LogP contribution in [-0.4, -0.2) is 15.0 Å². The lowest BCUT2D eigenvalue weighted by Crippen LogP contribution is -1.96. The quantitative estimate of drug-likeness (QED) is 0.176. The summed E-state index contributed by atoms with van der Waals surface area (Å²) in [5, 5.41) is 14.0. The van der Waals surface area contributed by atoms with Crippen LogP contribution in [0.15, 0.2) is 170 Å². The van der Waals surface area contributed by atoms with Crippen molar-refractivity contribution in [2.45, 2.75) is 0 Å². The van der Waals surface area contributed by atoms with Crippen LogP contribution in [0, 0.1) is 11.3 Å². The van der Waals surface area contributed by atoms with E-state index in [9.17, 15) is 5.26 Å². The summed E-state index contributed by atoms with van der Waals surface area (Å²) in [6.07, 6.45) is 0. The zero-order valence-corrected chi connectivity index (χ0v) is 27.0. The van der Waals surface area contributed by atoms with Gasteiger partial charge in [0.05, 0.1) is 45.4 Å². The molecule has 0 amide bonds. The zero-order chi connectivity index (χ0) is 33.4. The Bertz CT molecular complexity index is 2690. The molecular weight excluding hydrogens is 609 g/mol. The van der Waals surface area contributed by atoms with Crippen LogP contribution >= 0.6 is 0 Å². The Morgan fingerprint density at radius 3 is 1.64 bits per heavy atom. The minimum atomic E-state index is 0.609. The molecule has 0 fully saturated rings. The summed E-state index contributed by atoms with van der Waals surface area (Å²) in [7, 11) is 0. The zero-order valence-electron chi connectivity index (χ0n) is 27.0. The molecule has 0 bridgehead atoms. The van der Waals surface area contributed by atoms with Crippen molar-refractivity contribution >= 4 is 32.6 Å². The summed E-state index contributed by atoms with van der Waals surface area (Å²) in [5.41, 5.74) is 12.1. The van der Waals surface area contributed by atoms with Crippen molar-refractivity contribution < 1.29 is 0 Å². The highest BCUT2D eigenvalue weighted by Crippen LogP contribution is 2.39. The van der Waals surface area contributed by atoms with Crippen LogP contribution in [0.25, 0.3) is 88.7 Å². The molecule has 2 heterocycles. The van der Waals surface area contributed by atoms with Gasteiger partial charge in [0.25, 0.3) is 0 Å². The lowest BCUT2D eigenvalue weighted by atomic mass is 9.92. The average Bonchev–Trinajstić information content (AvgIpc) is 3.20. The van der Waals surface area contributed by atoms with Crippen LogP contribution < -0.4 is 0 Å². The summed E-state index contributed by atoms with van der Waals surface area (Å²) in [4.78, 5) is 15.4. The second-order valence-corrected chi connectivity index (χ2v) is 12.4. The van der Waals surface area contributed by atoms with E-state index in [-0.39, 0.29) is 0 Å². The van der Waals surface area contributed by atoms with Gasteiger partial charge in [0, 0.05) is 22.3 Å². The lowest BCUT2D eigenvalue weighted by molar-refractivity contribution is 1.30. The number of aromatic nitrogens is 3. The van der Waals surface area contributed by atoms with E-state index in [4.69, 9.17) is 15.0 Å². The molecule has 4 heteroatoms. The van der Waals surface area contributed by atoms with Gasteiger partial charge in [-0.2, -0.15) is 5.26 Å². The van der Waals surface area contributed by atoms with Gasteiger partial charge in [0.15, 0.2) is 0 Å². The molecule has 50 heavy (non-hydrogen) atoms. The standard InChI is InChI=1S/C46H28N4/c47-29-30-18-20-34(21-19-30)45-46(50-42-17-8-7-16-41(42)49-45)39-15-9-14-37-38(39)25-24-31-22-23-35(26-40(31)37)36-27-43(32-10-3-1-4-11-32)48-44(28-36)33-12-5-2-6-13-33/h1-28H. The maximum Gasteiger partial charge on any atom is 0.0991 e. The molecule has 7 aromatic carbocycles. The topological polar surface area (TPSA) is 62.5 Å². The molecule has 9 aromatic rings. The van der Waals surface area contributed by atoms with Crippen molar-refractivity contribution in [3.8, 4) is 62.2 Å². The van der Waals surface area contributed by atoms with E-state index >= 15 is 0 Å². The number of hydrogen-bond acceptors (Lipinski definition) is 4.